The monoisotopic (exact) mass is 270 g/mol. The smallest absolute Gasteiger partial charge is 0.327 e. The molecule has 110 valence electrons. The third-order valence-corrected chi connectivity index (χ3v) is 3.68. The average Bonchev–Trinajstić information content (AvgIpc) is 3.17. The number of ether oxygens (including phenoxy) is 2. The molecule has 0 bridgehead atoms. The number of rotatable bonds is 6. The number of nitrogens with one attached hydrogen (secondary N) is 1. The van der Waals surface area contributed by atoms with Gasteiger partial charge in [0, 0.05) is 32.3 Å². The molecule has 2 rings (SSSR count). The van der Waals surface area contributed by atoms with Gasteiger partial charge in [-0.25, -0.2) is 0 Å². The van der Waals surface area contributed by atoms with Crippen molar-refractivity contribution in [2.24, 2.45) is 0 Å². The van der Waals surface area contributed by atoms with Crippen molar-refractivity contribution in [2.45, 2.75) is 44.7 Å². The minimum atomic E-state index is -0.596. The lowest BCUT2D eigenvalue weighted by atomic mass is 10.0. The molecule has 2 aliphatic rings. The van der Waals surface area contributed by atoms with E-state index in [1.807, 2.05) is 13.8 Å². The molecule has 5 heteroatoms. The SMILES string of the molecule is CCOC(=O)C(C)(CN1CCCOCC1)NC1CC1. The Bertz CT molecular complexity index is 299. The van der Waals surface area contributed by atoms with Crippen molar-refractivity contribution in [3.63, 3.8) is 0 Å². The predicted octanol–water partition coefficient (Wildman–Crippen LogP) is 0.783. The Morgan fingerprint density at radius 2 is 2.21 bits per heavy atom. The third-order valence-electron chi connectivity index (χ3n) is 3.68. The van der Waals surface area contributed by atoms with Gasteiger partial charge < -0.3 is 9.47 Å². The summed E-state index contributed by atoms with van der Waals surface area (Å²) in [6, 6.07) is 0.484. The average molecular weight is 270 g/mol. The molecule has 1 saturated carbocycles. The zero-order valence-corrected chi connectivity index (χ0v) is 12.1. The molecule has 0 radical (unpaired) electrons. The fourth-order valence-corrected chi connectivity index (χ4v) is 2.54. The van der Waals surface area contributed by atoms with Crippen LogP contribution in [0.4, 0.5) is 0 Å². The Morgan fingerprint density at radius 1 is 1.42 bits per heavy atom. The van der Waals surface area contributed by atoms with E-state index in [1.54, 1.807) is 0 Å². The standard InChI is InChI=1S/C14H26N2O3/c1-3-19-13(17)14(2,15-12-5-6-12)11-16-7-4-9-18-10-8-16/h12,15H,3-11H2,1-2H3. The summed E-state index contributed by atoms with van der Waals surface area (Å²) in [7, 11) is 0. The third kappa shape index (κ3) is 4.44. The van der Waals surface area contributed by atoms with Crippen molar-refractivity contribution in [3.05, 3.63) is 0 Å². The van der Waals surface area contributed by atoms with Gasteiger partial charge in [0.2, 0.25) is 0 Å². The first-order valence-electron chi connectivity index (χ1n) is 7.39. The lowest BCUT2D eigenvalue weighted by molar-refractivity contribution is -0.151. The van der Waals surface area contributed by atoms with Crippen LogP contribution in [0.1, 0.15) is 33.1 Å². The van der Waals surface area contributed by atoms with Crippen molar-refractivity contribution in [1.82, 2.24) is 10.2 Å². The Balaban J connectivity index is 1.96. The van der Waals surface area contributed by atoms with Gasteiger partial charge in [0.1, 0.15) is 5.54 Å². The lowest BCUT2D eigenvalue weighted by Crippen LogP contribution is -2.58. The van der Waals surface area contributed by atoms with Crippen LogP contribution in [0, 0.1) is 0 Å². The van der Waals surface area contributed by atoms with Gasteiger partial charge in [-0.05, 0) is 33.1 Å². The molecule has 1 atom stereocenters. The minimum absolute atomic E-state index is 0.132. The number of nitrogens with zero attached hydrogens (tertiary/aromatic N) is 1. The zero-order valence-electron chi connectivity index (χ0n) is 12.1. The quantitative estimate of drug-likeness (QED) is 0.723. The minimum Gasteiger partial charge on any atom is -0.465 e. The Morgan fingerprint density at radius 3 is 2.89 bits per heavy atom. The molecule has 0 aromatic rings. The maximum absolute atomic E-state index is 12.2. The Labute approximate surface area is 115 Å². The van der Waals surface area contributed by atoms with Gasteiger partial charge in [-0.2, -0.15) is 0 Å². The summed E-state index contributed by atoms with van der Waals surface area (Å²) in [4.78, 5) is 14.6. The van der Waals surface area contributed by atoms with Gasteiger partial charge >= 0.3 is 5.97 Å². The van der Waals surface area contributed by atoms with Crippen LogP contribution < -0.4 is 5.32 Å². The summed E-state index contributed by atoms with van der Waals surface area (Å²) in [6.07, 6.45) is 3.36. The molecule has 1 N–H and O–H groups in total. The molecular formula is C14H26N2O3. The number of carbonyl (C=O) groups is 1. The number of carbonyl (C=O) groups excluding carboxylic acids is 1. The van der Waals surface area contributed by atoms with Gasteiger partial charge in [0.25, 0.3) is 0 Å². The van der Waals surface area contributed by atoms with Crippen molar-refractivity contribution >= 4 is 5.97 Å². The van der Waals surface area contributed by atoms with Crippen LogP contribution in [0.25, 0.3) is 0 Å². The molecule has 2 fully saturated rings. The van der Waals surface area contributed by atoms with Gasteiger partial charge in [-0.15, -0.1) is 0 Å². The summed E-state index contributed by atoms with van der Waals surface area (Å²) in [5.41, 5.74) is -0.596. The second-order valence-corrected chi connectivity index (χ2v) is 5.71. The molecule has 0 aromatic carbocycles. The van der Waals surface area contributed by atoms with Gasteiger partial charge in [0.15, 0.2) is 0 Å². The highest BCUT2D eigenvalue weighted by Crippen LogP contribution is 2.24. The Hall–Kier alpha value is -0.650. The molecule has 19 heavy (non-hydrogen) atoms. The fraction of sp³-hybridized carbons (Fsp3) is 0.929. The zero-order chi connectivity index (χ0) is 13.7. The summed E-state index contributed by atoms with van der Waals surface area (Å²) in [6.45, 7) is 8.41. The van der Waals surface area contributed by atoms with Crippen molar-refractivity contribution < 1.29 is 14.3 Å². The molecule has 1 aliphatic heterocycles. The molecule has 1 aliphatic carbocycles. The summed E-state index contributed by atoms with van der Waals surface area (Å²) >= 11 is 0. The maximum Gasteiger partial charge on any atom is 0.327 e. The van der Waals surface area contributed by atoms with Gasteiger partial charge in [0.05, 0.1) is 13.2 Å². The molecule has 0 spiro atoms. The van der Waals surface area contributed by atoms with Gasteiger partial charge in [-0.3, -0.25) is 15.0 Å². The van der Waals surface area contributed by atoms with E-state index in [0.717, 1.165) is 45.6 Å². The van der Waals surface area contributed by atoms with E-state index >= 15 is 0 Å². The second kappa shape index (κ2) is 6.68. The first-order valence-corrected chi connectivity index (χ1v) is 7.39. The normalized spacial score (nSPS) is 24.5. The van der Waals surface area contributed by atoms with Crippen LogP contribution in [-0.4, -0.2) is 61.9 Å². The summed E-state index contributed by atoms with van der Waals surface area (Å²) < 4.78 is 10.7. The number of esters is 1. The van der Waals surface area contributed by atoms with E-state index < -0.39 is 5.54 Å². The first-order chi connectivity index (χ1) is 9.14. The summed E-state index contributed by atoms with van der Waals surface area (Å²) in [5.74, 6) is -0.132. The van der Waals surface area contributed by atoms with Crippen LogP contribution in [0.5, 0.6) is 0 Å². The molecule has 5 nitrogen and oxygen atoms in total. The highest BCUT2D eigenvalue weighted by molar-refractivity contribution is 5.80. The molecule has 1 saturated heterocycles. The number of hydrogen-bond donors (Lipinski definition) is 1. The van der Waals surface area contributed by atoms with E-state index in [4.69, 9.17) is 9.47 Å². The van der Waals surface area contributed by atoms with E-state index in [-0.39, 0.29) is 5.97 Å². The molecule has 0 amide bonds. The van der Waals surface area contributed by atoms with E-state index in [1.165, 1.54) is 0 Å². The van der Waals surface area contributed by atoms with Crippen LogP contribution >= 0.6 is 0 Å². The van der Waals surface area contributed by atoms with Crippen molar-refractivity contribution in [2.75, 3.05) is 39.5 Å². The van der Waals surface area contributed by atoms with Gasteiger partial charge in [-0.1, -0.05) is 0 Å². The predicted molar refractivity (Wildman–Crippen MR) is 73.1 cm³/mol. The molecule has 0 aromatic heterocycles. The first kappa shape index (κ1) is 14.8. The van der Waals surface area contributed by atoms with E-state index in [9.17, 15) is 4.79 Å². The lowest BCUT2D eigenvalue weighted by Gasteiger charge is -2.34. The van der Waals surface area contributed by atoms with Crippen LogP contribution in [0.15, 0.2) is 0 Å². The van der Waals surface area contributed by atoms with E-state index in [2.05, 4.69) is 10.2 Å². The molecule has 1 heterocycles. The van der Waals surface area contributed by atoms with Crippen LogP contribution in [-0.2, 0) is 14.3 Å². The molecule has 1 unspecified atom stereocenters. The van der Waals surface area contributed by atoms with Crippen LogP contribution in [0.3, 0.4) is 0 Å². The van der Waals surface area contributed by atoms with Crippen molar-refractivity contribution in [3.8, 4) is 0 Å². The van der Waals surface area contributed by atoms with Crippen molar-refractivity contribution in [1.29, 1.82) is 0 Å². The van der Waals surface area contributed by atoms with Crippen LogP contribution in [0.2, 0.25) is 0 Å². The highest BCUT2D eigenvalue weighted by Gasteiger charge is 2.41. The summed E-state index contributed by atoms with van der Waals surface area (Å²) in [5, 5.41) is 3.46. The highest BCUT2D eigenvalue weighted by atomic mass is 16.5. The fourth-order valence-electron chi connectivity index (χ4n) is 2.54. The Kier molecular flexibility index (Phi) is 5.19. The van der Waals surface area contributed by atoms with E-state index in [0.29, 0.717) is 19.2 Å². The maximum atomic E-state index is 12.2. The molecular weight excluding hydrogens is 244 g/mol. The topological polar surface area (TPSA) is 50.8 Å². The second-order valence-electron chi connectivity index (χ2n) is 5.71. The largest absolute Gasteiger partial charge is 0.465 e. The number of hydrogen-bond acceptors (Lipinski definition) is 5.